The minimum absolute atomic E-state index is 0.573. The molecule has 2 unspecified atom stereocenters. The molecule has 0 aromatic rings. The molecule has 0 aromatic heterocycles. The van der Waals surface area contributed by atoms with Crippen molar-refractivity contribution in [2.75, 3.05) is 33.9 Å². The highest BCUT2D eigenvalue weighted by Gasteiger charge is 2.19. The van der Waals surface area contributed by atoms with Gasteiger partial charge in [0.15, 0.2) is 0 Å². The van der Waals surface area contributed by atoms with Gasteiger partial charge in [0.25, 0.3) is 0 Å². The lowest BCUT2D eigenvalue weighted by atomic mass is 9.98. The Morgan fingerprint density at radius 3 is 2.25 bits per heavy atom. The first kappa shape index (κ1) is 15.9. The Balaban J connectivity index is 4.22. The number of likely N-dealkylation sites (N-methyl/N-ethyl adjacent to an activating group) is 1. The second-order valence-electron chi connectivity index (χ2n) is 4.86. The second-order valence-corrected chi connectivity index (χ2v) is 4.86. The van der Waals surface area contributed by atoms with Gasteiger partial charge in [-0.3, -0.25) is 4.90 Å². The number of nitrogens with zero attached hydrogens (tertiary/aromatic N) is 1. The number of rotatable bonds is 9. The predicted molar refractivity (Wildman–Crippen MR) is 70.9 cm³/mol. The van der Waals surface area contributed by atoms with Gasteiger partial charge in [-0.15, -0.1) is 0 Å². The van der Waals surface area contributed by atoms with Crippen LogP contribution < -0.4 is 5.32 Å². The Morgan fingerprint density at radius 1 is 1.25 bits per heavy atom. The fourth-order valence-corrected chi connectivity index (χ4v) is 1.86. The van der Waals surface area contributed by atoms with Gasteiger partial charge in [-0.05, 0) is 26.8 Å². The molecule has 0 amide bonds. The zero-order valence-electron chi connectivity index (χ0n) is 11.9. The number of methoxy groups -OCH3 is 1. The first-order valence-electron chi connectivity index (χ1n) is 6.47. The molecule has 0 aliphatic carbocycles. The largest absolute Gasteiger partial charge is 0.383 e. The van der Waals surface area contributed by atoms with Crippen LogP contribution >= 0.6 is 0 Å². The van der Waals surface area contributed by atoms with E-state index in [-0.39, 0.29) is 0 Å². The highest BCUT2D eigenvalue weighted by Crippen LogP contribution is 2.10. The lowest BCUT2D eigenvalue weighted by Crippen LogP contribution is -2.46. The van der Waals surface area contributed by atoms with Gasteiger partial charge in [-0.2, -0.15) is 0 Å². The molecule has 2 atom stereocenters. The van der Waals surface area contributed by atoms with Crippen LogP contribution in [0, 0.1) is 5.92 Å². The lowest BCUT2D eigenvalue weighted by Gasteiger charge is -2.33. The van der Waals surface area contributed by atoms with Crippen molar-refractivity contribution in [2.45, 2.75) is 46.2 Å². The standard InChI is InChI=1S/C13H30N2O/c1-7-12(4)13(14-5)10-15(11(2)3)8-9-16-6/h11-14H,7-10H2,1-6H3. The van der Waals surface area contributed by atoms with Crippen molar-refractivity contribution < 1.29 is 4.74 Å². The molecule has 0 saturated heterocycles. The van der Waals surface area contributed by atoms with Crippen LogP contribution in [0.5, 0.6) is 0 Å². The Labute approximate surface area is 102 Å². The Hall–Kier alpha value is -0.120. The van der Waals surface area contributed by atoms with E-state index in [0.717, 1.165) is 19.7 Å². The molecule has 3 heteroatoms. The zero-order chi connectivity index (χ0) is 12.6. The summed E-state index contributed by atoms with van der Waals surface area (Å²) in [5.41, 5.74) is 0. The van der Waals surface area contributed by atoms with Crippen LogP contribution in [0.2, 0.25) is 0 Å². The van der Waals surface area contributed by atoms with E-state index >= 15 is 0 Å². The molecule has 3 nitrogen and oxygen atoms in total. The average molecular weight is 230 g/mol. The van der Waals surface area contributed by atoms with E-state index in [2.05, 4.69) is 45.0 Å². The third-order valence-corrected chi connectivity index (χ3v) is 3.45. The summed E-state index contributed by atoms with van der Waals surface area (Å²) >= 11 is 0. The van der Waals surface area contributed by atoms with Crippen molar-refractivity contribution in [1.82, 2.24) is 10.2 Å². The fourth-order valence-electron chi connectivity index (χ4n) is 1.86. The SMILES string of the molecule is CCC(C)C(CN(CCOC)C(C)C)NC. The molecule has 16 heavy (non-hydrogen) atoms. The normalized spacial score (nSPS) is 15.8. The summed E-state index contributed by atoms with van der Waals surface area (Å²) in [4.78, 5) is 2.48. The molecule has 0 fully saturated rings. The van der Waals surface area contributed by atoms with Gasteiger partial charge >= 0.3 is 0 Å². The van der Waals surface area contributed by atoms with Crippen molar-refractivity contribution in [3.63, 3.8) is 0 Å². The third-order valence-electron chi connectivity index (χ3n) is 3.45. The van der Waals surface area contributed by atoms with Crippen LogP contribution in [0.3, 0.4) is 0 Å². The Kier molecular flexibility index (Phi) is 8.90. The smallest absolute Gasteiger partial charge is 0.0589 e. The number of hydrogen-bond donors (Lipinski definition) is 1. The van der Waals surface area contributed by atoms with E-state index in [9.17, 15) is 0 Å². The van der Waals surface area contributed by atoms with Crippen LogP contribution in [-0.4, -0.2) is 50.8 Å². The quantitative estimate of drug-likeness (QED) is 0.655. The summed E-state index contributed by atoms with van der Waals surface area (Å²) in [5, 5.41) is 3.43. The maximum Gasteiger partial charge on any atom is 0.0589 e. The van der Waals surface area contributed by atoms with Crippen LogP contribution in [0.4, 0.5) is 0 Å². The van der Waals surface area contributed by atoms with Crippen LogP contribution in [0.1, 0.15) is 34.1 Å². The summed E-state index contributed by atoms with van der Waals surface area (Å²) < 4.78 is 5.16. The highest BCUT2D eigenvalue weighted by atomic mass is 16.5. The van der Waals surface area contributed by atoms with Crippen molar-refractivity contribution in [1.29, 1.82) is 0 Å². The molecule has 0 aliphatic heterocycles. The van der Waals surface area contributed by atoms with E-state index in [1.807, 2.05) is 0 Å². The van der Waals surface area contributed by atoms with Gasteiger partial charge in [0.2, 0.25) is 0 Å². The first-order valence-corrected chi connectivity index (χ1v) is 6.47. The average Bonchev–Trinajstić information content (AvgIpc) is 2.28. The minimum Gasteiger partial charge on any atom is -0.383 e. The van der Waals surface area contributed by atoms with Crippen LogP contribution in [0.25, 0.3) is 0 Å². The summed E-state index contributed by atoms with van der Waals surface area (Å²) in [7, 11) is 3.83. The molecular formula is C13H30N2O. The third kappa shape index (κ3) is 5.83. The highest BCUT2D eigenvalue weighted by molar-refractivity contribution is 4.77. The van der Waals surface area contributed by atoms with Crippen molar-refractivity contribution in [3.05, 3.63) is 0 Å². The molecule has 0 rings (SSSR count). The Morgan fingerprint density at radius 2 is 1.88 bits per heavy atom. The fraction of sp³-hybridized carbons (Fsp3) is 1.00. The summed E-state index contributed by atoms with van der Waals surface area (Å²) in [6, 6.07) is 1.15. The second kappa shape index (κ2) is 8.97. The zero-order valence-corrected chi connectivity index (χ0v) is 11.9. The van der Waals surface area contributed by atoms with E-state index in [1.165, 1.54) is 6.42 Å². The number of hydrogen-bond acceptors (Lipinski definition) is 3. The molecule has 0 aromatic carbocycles. The van der Waals surface area contributed by atoms with Crippen molar-refractivity contribution >= 4 is 0 Å². The van der Waals surface area contributed by atoms with Gasteiger partial charge in [0, 0.05) is 32.3 Å². The predicted octanol–water partition coefficient (Wildman–Crippen LogP) is 1.98. The van der Waals surface area contributed by atoms with Gasteiger partial charge < -0.3 is 10.1 Å². The molecule has 0 saturated carbocycles. The summed E-state index contributed by atoms with van der Waals surface area (Å²) in [5.74, 6) is 0.716. The van der Waals surface area contributed by atoms with Crippen molar-refractivity contribution in [2.24, 2.45) is 5.92 Å². The van der Waals surface area contributed by atoms with Crippen LogP contribution in [-0.2, 0) is 4.74 Å². The molecule has 98 valence electrons. The molecular weight excluding hydrogens is 200 g/mol. The van der Waals surface area contributed by atoms with E-state index < -0.39 is 0 Å². The van der Waals surface area contributed by atoms with Gasteiger partial charge in [0.05, 0.1) is 6.61 Å². The topological polar surface area (TPSA) is 24.5 Å². The maximum atomic E-state index is 5.16. The molecule has 0 heterocycles. The van der Waals surface area contributed by atoms with Gasteiger partial charge in [0.1, 0.15) is 0 Å². The van der Waals surface area contributed by atoms with E-state index in [1.54, 1.807) is 7.11 Å². The summed E-state index contributed by atoms with van der Waals surface area (Å²) in [6.07, 6.45) is 1.22. The van der Waals surface area contributed by atoms with Crippen molar-refractivity contribution in [3.8, 4) is 0 Å². The molecule has 0 radical (unpaired) electrons. The molecule has 1 N–H and O–H groups in total. The minimum atomic E-state index is 0.573. The van der Waals surface area contributed by atoms with E-state index in [0.29, 0.717) is 18.0 Å². The molecule has 0 aliphatic rings. The van der Waals surface area contributed by atoms with Gasteiger partial charge in [-0.25, -0.2) is 0 Å². The monoisotopic (exact) mass is 230 g/mol. The maximum absolute atomic E-state index is 5.16. The van der Waals surface area contributed by atoms with Gasteiger partial charge in [-0.1, -0.05) is 20.3 Å². The van der Waals surface area contributed by atoms with E-state index in [4.69, 9.17) is 4.74 Å². The summed E-state index contributed by atoms with van der Waals surface area (Å²) in [6.45, 7) is 12.0. The Bertz CT molecular complexity index is 162. The van der Waals surface area contributed by atoms with Crippen LogP contribution in [0.15, 0.2) is 0 Å². The number of nitrogens with one attached hydrogen (secondary N) is 1. The molecule has 0 spiro atoms. The number of ether oxygens (including phenoxy) is 1. The first-order chi connectivity index (χ1) is 7.56. The lowest BCUT2D eigenvalue weighted by molar-refractivity contribution is 0.115. The molecule has 0 bridgehead atoms.